The molecule has 5 heteroatoms. The molecule has 0 bridgehead atoms. The second-order valence-corrected chi connectivity index (χ2v) is 7.95. The van der Waals surface area contributed by atoms with Gasteiger partial charge in [-0.05, 0) is 50.5 Å². The van der Waals surface area contributed by atoms with Gasteiger partial charge in [-0.15, -0.1) is 0 Å². The number of nitrogens with one attached hydrogen (secondary N) is 2. The van der Waals surface area contributed by atoms with Crippen molar-refractivity contribution in [3.8, 4) is 0 Å². The number of aliphatic hydroxyl groups is 1. The maximum absolute atomic E-state index is 12.5. The molecule has 0 aliphatic rings. The molecule has 1 aromatic heterocycles. The Morgan fingerprint density at radius 3 is 2.61 bits per heavy atom. The van der Waals surface area contributed by atoms with Crippen LogP contribution in [0.25, 0.3) is 10.9 Å². The molecule has 2 aromatic rings. The monoisotopic (exact) mass is 380 g/mol. The number of halogens is 1. The molecule has 0 saturated carbocycles. The predicted octanol–water partition coefficient (Wildman–Crippen LogP) is 3.69. The van der Waals surface area contributed by atoms with Crippen molar-refractivity contribution in [2.24, 2.45) is 5.92 Å². The van der Waals surface area contributed by atoms with E-state index in [4.69, 9.17) is 0 Å². The van der Waals surface area contributed by atoms with Gasteiger partial charge in [-0.25, -0.2) is 0 Å². The van der Waals surface area contributed by atoms with Gasteiger partial charge < -0.3 is 15.4 Å². The molecule has 1 aromatic carbocycles. The number of aromatic nitrogens is 1. The highest BCUT2D eigenvalue weighted by atomic mass is 79.9. The summed E-state index contributed by atoms with van der Waals surface area (Å²) >= 11 is 3.48. The number of aryl methyl sites for hydroxylation is 1. The molecule has 0 fully saturated rings. The number of fused-ring (bicyclic) bond motifs is 1. The average molecular weight is 381 g/mol. The normalized spacial score (nSPS) is 13.6. The van der Waals surface area contributed by atoms with Crippen LogP contribution in [-0.4, -0.2) is 27.6 Å². The van der Waals surface area contributed by atoms with Crippen LogP contribution in [0, 0.1) is 12.8 Å². The van der Waals surface area contributed by atoms with Gasteiger partial charge in [0.05, 0.1) is 18.1 Å². The van der Waals surface area contributed by atoms with Gasteiger partial charge in [0, 0.05) is 21.1 Å². The van der Waals surface area contributed by atoms with Gasteiger partial charge in [0.2, 0.25) is 5.91 Å². The minimum absolute atomic E-state index is 0.0743. The second kappa shape index (κ2) is 6.65. The molecule has 0 radical (unpaired) electrons. The molecule has 3 N–H and O–H groups in total. The van der Waals surface area contributed by atoms with E-state index < -0.39 is 5.60 Å². The molecule has 1 heterocycles. The molecule has 0 aliphatic carbocycles. The van der Waals surface area contributed by atoms with Gasteiger partial charge in [-0.1, -0.05) is 29.8 Å². The van der Waals surface area contributed by atoms with Crippen LogP contribution in [0.3, 0.4) is 0 Å². The van der Waals surface area contributed by atoms with E-state index in [9.17, 15) is 9.90 Å². The summed E-state index contributed by atoms with van der Waals surface area (Å²) in [6.45, 7) is 9.43. The molecule has 126 valence electrons. The molecule has 0 aliphatic heterocycles. The number of rotatable bonds is 5. The lowest BCUT2D eigenvalue weighted by Gasteiger charge is -2.33. The minimum Gasteiger partial charge on any atom is -0.388 e. The Kier molecular flexibility index (Phi) is 5.21. The molecule has 1 amide bonds. The van der Waals surface area contributed by atoms with Crippen molar-refractivity contribution in [2.75, 3.05) is 0 Å². The highest BCUT2D eigenvalue weighted by Crippen LogP contribution is 2.26. The van der Waals surface area contributed by atoms with Gasteiger partial charge in [-0.3, -0.25) is 4.79 Å². The van der Waals surface area contributed by atoms with Crippen LogP contribution in [-0.2, 0) is 11.2 Å². The number of benzene rings is 1. The van der Waals surface area contributed by atoms with E-state index in [2.05, 4.69) is 26.2 Å². The number of hydrogen-bond donors (Lipinski definition) is 3. The van der Waals surface area contributed by atoms with E-state index in [1.165, 1.54) is 0 Å². The van der Waals surface area contributed by atoms with E-state index in [0.29, 0.717) is 6.42 Å². The largest absolute Gasteiger partial charge is 0.388 e. The van der Waals surface area contributed by atoms with E-state index in [0.717, 1.165) is 26.6 Å². The Bertz CT molecular complexity index is 714. The SMILES string of the molecule is Cc1[nH]c2ccc(Br)cc2c1CC(=O)N[C@@H](C(C)C)C(C)(C)O. The van der Waals surface area contributed by atoms with E-state index in [1.807, 2.05) is 39.0 Å². The van der Waals surface area contributed by atoms with Crippen molar-refractivity contribution in [2.45, 2.75) is 52.7 Å². The van der Waals surface area contributed by atoms with Crippen molar-refractivity contribution in [1.82, 2.24) is 10.3 Å². The van der Waals surface area contributed by atoms with Crippen LogP contribution in [0.5, 0.6) is 0 Å². The Morgan fingerprint density at radius 2 is 2.04 bits per heavy atom. The molecule has 0 saturated heterocycles. The third-order valence-corrected chi connectivity index (χ3v) is 4.66. The highest BCUT2D eigenvalue weighted by Gasteiger charge is 2.31. The van der Waals surface area contributed by atoms with Crippen LogP contribution < -0.4 is 5.32 Å². The van der Waals surface area contributed by atoms with Crippen LogP contribution in [0.2, 0.25) is 0 Å². The van der Waals surface area contributed by atoms with Crippen LogP contribution >= 0.6 is 15.9 Å². The first-order valence-corrected chi connectivity index (χ1v) is 8.67. The number of aromatic amines is 1. The average Bonchev–Trinajstić information content (AvgIpc) is 2.71. The van der Waals surface area contributed by atoms with Gasteiger partial charge in [-0.2, -0.15) is 0 Å². The lowest BCUT2D eigenvalue weighted by Crippen LogP contribution is -2.52. The first-order valence-electron chi connectivity index (χ1n) is 7.88. The number of hydrogen-bond acceptors (Lipinski definition) is 2. The zero-order valence-electron chi connectivity index (χ0n) is 14.3. The number of amides is 1. The van der Waals surface area contributed by atoms with Gasteiger partial charge in [0.1, 0.15) is 0 Å². The summed E-state index contributed by atoms with van der Waals surface area (Å²) in [5.41, 5.74) is 2.06. The van der Waals surface area contributed by atoms with Crippen molar-refractivity contribution in [3.05, 3.63) is 33.9 Å². The zero-order chi connectivity index (χ0) is 17.4. The number of H-pyrrole nitrogens is 1. The first-order chi connectivity index (χ1) is 10.6. The molecule has 0 spiro atoms. The summed E-state index contributed by atoms with van der Waals surface area (Å²) in [5, 5.41) is 14.3. The lowest BCUT2D eigenvalue weighted by atomic mass is 9.89. The van der Waals surface area contributed by atoms with Gasteiger partial charge in [0.15, 0.2) is 0 Å². The van der Waals surface area contributed by atoms with Gasteiger partial charge in [0.25, 0.3) is 0 Å². The third kappa shape index (κ3) is 4.15. The van der Waals surface area contributed by atoms with Crippen LogP contribution in [0.1, 0.15) is 39.0 Å². The Labute approximate surface area is 145 Å². The van der Waals surface area contributed by atoms with E-state index >= 15 is 0 Å². The maximum atomic E-state index is 12.5. The lowest BCUT2D eigenvalue weighted by molar-refractivity contribution is -0.123. The van der Waals surface area contributed by atoms with Gasteiger partial charge >= 0.3 is 0 Å². The van der Waals surface area contributed by atoms with Crippen molar-refractivity contribution in [1.29, 1.82) is 0 Å². The van der Waals surface area contributed by atoms with Crippen molar-refractivity contribution >= 4 is 32.7 Å². The fourth-order valence-electron chi connectivity index (χ4n) is 3.13. The smallest absolute Gasteiger partial charge is 0.224 e. The number of carbonyl (C=O) groups excluding carboxylic acids is 1. The summed E-state index contributed by atoms with van der Waals surface area (Å²) in [5.74, 6) is 0.0759. The second-order valence-electron chi connectivity index (χ2n) is 7.04. The highest BCUT2D eigenvalue weighted by molar-refractivity contribution is 9.10. The zero-order valence-corrected chi connectivity index (χ0v) is 15.9. The summed E-state index contributed by atoms with van der Waals surface area (Å²) < 4.78 is 0.988. The molecule has 2 rings (SSSR count). The van der Waals surface area contributed by atoms with Crippen LogP contribution in [0.15, 0.2) is 22.7 Å². The summed E-state index contributed by atoms with van der Waals surface area (Å²) in [4.78, 5) is 15.8. The van der Waals surface area contributed by atoms with E-state index in [1.54, 1.807) is 13.8 Å². The molecule has 23 heavy (non-hydrogen) atoms. The predicted molar refractivity (Wildman–Crippen MR) is 97.5 cm³/mol. The summed E-state index contributed by atoms with van der Waals surface area (Å²) in [6, 6.07) is 5.72. The minimum atomic E-state index is -0.956. The fraction of sp³-hybridized carbons (Fsp3) is 0.500. The van der Waals surface area contributed by atoms with Crippen molar-refractivity contribution < 1.29 is 9.90 Å². The standard InChI is InChI=1S/C18H25BrN2O2/c1-10(2)17(18(4,5)23)21-16(22)9-13-11(3)20-15-7-6-12(19)8-14(13)15/h6-8,10,17,20,23H,9H2,1-5H3,(H,21,22)/t17-/m0/s1. The molecular formula is C18H25BrN2O2. The maximum Gasteiger partial charge on any atom is 0.224 e. The van der Waals surface area contributed by atoms with Crippen molar-refractivity contribution in [3.63, 3.8) is 0 Å². The summed E-state index contributed by atoms with van der Waals surface area (Å²) in [6.07, 6.45) is 0.293. The Hall–Kier alpha value is -1.33. The topological polar surface area (TPSA) is 65.1 Å². The molecule has 1 atom stereocenters. The summed E-state index contributed by atoms with van der Waals surface area (Å²) in [7, 11) is 0. The van der Waals surface area contributed by atoms with E-state index in [-0.39, 0.29) is 17.9 Å². The third-order valence-electron chi connectivity index (χ3n) is 4.16. The molecule has 0 unspecified atom stereocenters. The fourth-order valence-corrected chi connectivity index (χ4v) is 3.49. The Balaban J connectivity index is 2.23. The Morgan fingerprint density at radius 1 is 1.39 bits per heavy atom. The quantitative estimate of drug-likeness (QED) is 0.740. The molecule has 4 nitrogen and oxygen atoms in total. The van der Waals surface area contributed by atoms with Crippen LogP contribution in [0.4, 0.5) is 0 Å². The number of carbonyl (C=O) groups is 1. The first kappa shape index (κ1) is 18.0. The molecular weight excluding hydrogens is 356 g/mol.